The van der Waals surface area contributed by atoms with Gasteiger partial charge in [0, 0.05) is 42.2 Å². The smallest absolute Gasteiger partial charge is 0.0497 e. The van der Waals surface area contributed by atoms with Crippen molar-refractivity contribution in [1.29, 1.82) is 0 Å². The van der Waals surface area contributed by atoms with Crippen LogP contribution in [0.1, 0.15) is 40.5 Å². The van der Waals surface area contributed by atoms with Crippen molar-refractivity contribution in [1.82, 2.24) is 4.90 Å². The van der Waals surface area contributed by atoms with Gasteiger partial charge in [-0.1, -0.05) is 34.1 Å². The first kappa shape index (κ1) is 14.3. The summed E-state index contributed by atoms with van der Waals surface area (Å²) in [4.78, 5) is 2.54. The lowest BCUT2D eigenvalue weighted by atomic mass is 9.86. The maximum absolute atomic E-state index is 9.55. The van der Waals surface area contributed by atoms with Gasteiger partial charge in [-0.15, -0.1) is 0 Å². The van der Waals surface area contributed by atoms with Gasteiger partial charge in [-0.2, -0.15) is 11.8 Å². The van der Waals surface area contributed by atoms with E-state index in [1.165, 1.54) is 13.1 Å². The van der Waals surface area contributed by atoms with E-state index in [0.29, 0.717) is 6.61 Å². The summed E-state index contributed by atoms with van der Waals surface area (Å²) >= 11 is 2.09. The standard InChI is InChI=1S/C13H27NOS/c1-5-6-13(4,10-15)9-14-7-11(2)16-12(3)8-14/h11-12,15H,5-10H2,1-4H3. The Balaban J connectivity index is 2.50. The van der Waals surface area contributed by atoms with E-state index >= 15 is 0 Å². The van der Waals surface area contributed by atoms with Crippen LogP contribution >= 0.6 is 11.8 Å². The molecule has 0 aliphatic carbocycles. The second-order valence-corrected chi connectivity index (χ2v) is 7.55. The van der Waals surface area contributed by atoms with Crippen LogP contribution in [-0.2, 0) is 0 Å². The van der Waals surface area contributed by atoms with Crippen molar-refractivity contribution in [3.63, 3.8) is 0 Å². The van der Waals surface area contributed by atoms with Gasteiger partial charge in [0.05, 0.1) is 0 Å². The van der Waals surface area contributed by atoms with Crippen LogP contribution in [0.3, 0.4) is 0 Å². The molecule has 0 radical (unpaired) electrons. The van der Waals surface area contributed by atoms with Crippen LogP contribution in [0, 0.1) is 5.41 Å². The molecule has 0 spiro atoms. The van der Waals surface area contributed by atoms with E-state index in [0.717, 1.165) is 29.9 Å². The SMILES string of the molecule is CCCC(C)(CO)CN1CC(C)SC(C)C1. The number of aliphatic hydroxyl groups excluding tert-OH is 1. The van der Waals surface area contributed by atoms with Gasteiger partial charge in [0.1, 0.15) is 0 Å². The summed E-state index contributed by atoms with van der Waals surface area (Å²) < 4.78 is 0. The minimum Gasteiger partial charge on any atom is -0.396 e. The van der Waals surface area contributed by atoms with E-state index in [4.69, 9.17) is 0 Å². The van der Waals surface area contributed by atoms with E-state index in [-0.39, 0.29) is 5.41 Å². The summed E-state index contributed by atoms with van der Waals surface area (Å²) in [7, 11) is 0. The molecule has 1 aliphatic heterocycles. The topological polar surface area (TPSA) is 23.5 Å². The fourth-order valence-corrected chi connectivity index (χ4v) is 4.15. The number of aliphatic hydroxyl groups is 1. The van der Waals surface area contributed by atoms with Crippen molar-refractivity contribution in [2.24, 2.45) is 5.41 Å². The van der Waals surface area contributed by atoms with Crippen LogP contribution in [-0.4, -0.2) is 46.7 Å². The normalized spacial score (nSPS) is 31.3. The Morgan fingerprint density at radius 2 is 1.88 bits per heavy atom. The van der Waals surface area contributed by atoms with Crippen molar-refractivity contribution >= 4 is 11.8 Å². The molecule has 0 saturated carbocycles. The maximum Gasteiger partial charge on any atom is 0.0497 e. The number of hydrogen-bond acceptors (Lipinski definition) is 3. The maximum atomic E-state index is 9.55. The Hall–Kier alpha value is 0.270. The van der Waals surface area contributed by atoms with Crippen LogP contribution in [0.15, 0.2) is 0 Å². The molecule has 1 heterocycles. The number of hydrogen-bond donors (Lipinski definition) is 1. The zero-order valence-electron chi connectivity index (χ0n) is 11.2. The van der Waals surface area contributed by atoms with Crippen LogP contribution in [0.25, 0.3) is 0 Å². The van der Waals surface area contributed by atoms with Gasteiger partial charge in [0.15, 0.2) is 0 Å². The Morgan fingerprint density at radius 1 is 1.31 bits per heavy atom. The fraction of sp³-hybridized carbons (Fsp3) is 1.00. The van der Waals surface area contributed by atoms with E-state index < -0.39 is 0 Å². The molecule has 1 saturated heterocycles. The first-order chi connectivity index (χ1) is 7.49. The second kappa shape index (κ2) is 6.27. The molecule has 1 aliphatic rings. The lowest BCUT2D eigenvalue weighted by molar-refractivity contribution is 0.0790. The summed E-state index contributed by atoms with van der Waals surface area (Å²) in [5, 5.41) is 11.0. The zero-order valence-corrected chi connectivity index (χ0v) is 12.0. The van der Waals surface area contributed by atoms with E-state index in [1.807, 2.05) is 0 Å². The van der Waals surface area contributed by atoms with Crippen LogP contribution < -0.4 is 0 Å². The quantitative estimate of drug-likeness (QED) is 0.805. The molecule has 3 unspecified atom stereocenters. The molecule has 0 bridgehead atoms. The van der Waals surface area contributed by atoms with Gasteiger partial charge in [-0.25, -0.2) is 0 Å². The molecule has 96 valence electrons. The van der Waals surface area contributed by atoms with Crippen LogP contribution in [0.2, 0.25) is 0 Å². The van der Waals surface area contributed by atoms with E-state index in [9.17, 15) is 5.11 Å². The lowest BCUT2D eigenvalue weighted by Crippen LogP contribution is -2.46. The van der Waals surface area contributed by atoms with Gasteiger partial charge in [0.25, 0.3) is 0 Å². The summed E-state index contributed by atoms with van der Waals surface area (Å²) in [5.74, 6) is 0. The molecule has 1 fully saturated rings. The Morgan fingerprint density at radius 3 is 2.31 bits per heavy atom. The molecule has 3 atom stereocenters. The highest BCUT2D eigenvalue weighted by Crippen LogP contribution is 2.29. The Bertz CT molecular complexity index is 202. The minimum atomic E-state index is 0.0934. The molecular formula is C13H27NOS. The molecule has 2 nitrogen and oxygen atoms in total. The first-order valence-electron chi connectivity index (χ1n) is 6.48. The predicted molar refractivity (Wildman–Crippen MR) is 73.1 cm³/mol. The predicted octanol–water partition coefficient (Wildman–Crippen LogP) is 2.61. The average Bonchev–Trinajstić information content (AvgIpc) is 2.16. The highest BCUT2D eigenvalue weighted by molar-refractivity contribution is 8.00. The monoisotopic (exact) mass is 245 g/mol. The fourth-order valence-electron chi connectivity index (χ4n) is 2.76. The van der Waals surface area contributed by atoms with Gasteiger partial charge >= 0.3 is 0 Å². The largest absolute Gasteiger partial charge is 0.396 e. The third-order valence-electron chi connectivity index (χ3n) is 3.34. The molecule has 0 amide bonds. The minimum absolute atomic E-state index is 0.0934. The Labute approximate surface area is 105 Å². The molecule has 16 heavy (non-hydrogen) atoms. The lowest BCUT2D eigenvalue weighted by Gasteiger charge is -2.40. The van der Waals surface area contributed by atoms with Crippen LogP contribution in [0.4, 0.5) is 0 Å². The summed E-state index contributed by atoms with van der Waals surface area (Å²) in [6.45, 7) is 12.7. The Kier molecular flexibility index (Phi) is 5.62. The number of rotatable bonds is 5. The second-order valence-electron chi connectivity index (χ2n) is 5.67. The molecule has 1 rings (SSSR count). The molecule has 0 aromatic carbocycles. The zero-order chi connectivity index (χ0) is 12.2. The third kappa shape index (κ3) is 4.27. The van der Waals surface area contributed by atoms with Gasteiger partial charge in [0.2, 0.25) is 0 Å². The van der Waals surface area contributed by atoms with E-state index in [2.05, 4.69) is 44.4 Å². The van der Waals surface area contributed by atoms with Crippen molar-refractivity contribution in [3.05, 3.63) is 0 Å². The third-order valence-corrected chi connectivity index (χ3v) is 4.56. The first-order valence-corrected chi connectivity index (χ1v) is 7.42. The number of nitrogens with zero attached hydrogens (tertiary/aromatic N) is 1. The summed E-state index contributed by atoms with van der Waals surface area (Å²) in [6, 6.07) is 0. The van der Waals surface area contributed by atoms with E-state index in [1.54, 1.807) is 0 Å². The van der Waals surface area contributed by atoms with Crippen molar-refractivity contribution in [2.45, 2.75) is 51.0 Å². The highest BCUT2D eigenvalue weighted by Gasteiger charge is 2.29. The molecular weight excluding hydrogens is 218 g/mol. The highest BCUT2D eigenvalue weighted by atomic mass is 32.2. The van der Waals surface area contributed by atoms with Crippen molar-refractivity contribution < 1.29 is 5.11 Å². The average molecular weight is 245 g/mol. The summed E-state index contributed by atoms with van der Waals surface area (Å²) in [5.41, 5.74) is 0.0934. The van der Waals surface area contributed by atoms with Gasteiger partial charge < -0.3 is 10.0 Å². The van der Waals surface area contributed by atoms with Crippen molar-refractivity contribution in [3.8, 4) is 0 Å². The molecule has 3 heteroatoms. The summed E-state index contributed by atoms with van der Waals surface area (Å²) in [6.07, 6.45) is 2.28. The molecule has 1 N–H and O–H groups in total. The molecule has 0 aromatic rings. The van der Waals surface area contributed by atoms with Crippen LogP contribution in [0.5, 0.6) is 0 Å². The molecule has 0 aromatic heterocycles. The van der Waals surface area contributed by atoms with Crippen molar-refractivity contribution in [2.75, 3.05) is 26.2 Å². The van der Waals surface area contributed by atoms with Gasteiger partial charge in [-0.05, 0) is 6.42 Å². The number of thioether (sulfide) groups is 1. The van der Waals surface area contributed by atoms with Gasteiger partial charge in [-0.3, -0.25) is 0 Å².